The molecule has 3 aliphatic carbocycles. The molecule has 4 aliphatic rings. The summed E-state index contributed by atoms with van der Waals surface area (Å²) >= 11 is 0. The first-order chi connectivity index (χ1) is 13.1. The fraction of sp³-hybridized carbons (Fsp3) is 0.696. The quantitative estimate of drug-likeness (QED) is 0.867. The molecule has 3 fully saturated rings. The number of Topliss-reactive ketones (excluding diaryl/α,β-unsaturated/α-hetero) is 1. The fourth-order valence-electron chi connectivity index (χ4n) is 6.67. The summed E-state index contributed by atoms with van der Waals surface area (Å²) in [5.74, 6) is 3.48. The molecule has 4 nitrogen and oxygen atoms in total. The third kappa shape index (κ3) is 2.63. The first-order valence-corrected chi connectivity index (χ1v) is 10.8. The van der Waals surface area contributed by atoms with Crippen LogP contribution in [0.25, 0.3) is 0 Å². The number of fused-ring (bicyclic) bond motifs is 5. The number of hydrogen-bond acceptors (Lipinski definition) is 4. The number of ketones is 1. The van der Waals surface area contributed by atoms with Crippen LogP contribution < -0.4 is 15.0 Å². The summed E-state index contributed by atoms with van der Waals surface area (Å²) in [6.45, 7) is 6.42. The predicted molar refractivity (Wildman–Crippen MR) is 108 cm³/mol. The zero-order valence-corrected chi connectivity index (χ0v) is 16.7. The largest absolute Gasteiger partial charge is 0.495 e. The van der Waals surface area contributed by atoms with Crippen LogP contribution in [0.1, 0.15) is 56.1 Å². The lowest BCUT2D eigenvalue weighted by Crippen LogP contribution is -2.44. The fourth-order valence-corrected chi connectivity index (χ4v) is 6.67. The van der Waals surface area contributed by atoms with Gasteiger partial charge in [0.1, 0.15) is 11.5 Å². The van der Waals surface area contributed by atoms with E-state index in [0.29, 0.717) is 23.5 Å². The van der Waals surface area contributed by atoms with Crippen LogP contribution in [-0.2, 0) is 11.2 Å². The van der Waals surface area contributed by atoms with Crippen LogP contribution in [0, 0.1) is 17.3 Å². The predicted octanol–water partition coefficient (Wildman–Crippen LogP) is 3.53. The molecule has 1 aromatic carbocycles. The number of hydrogen-bond donors (Lipinski definition) is 1. The lowest BCUT2D eigenvalue weighted by molar-refractivity contribution is -0.129. The zero-order valence-electron chi connectivity index (χ0n) is 16.7. The van der Waals surface area contributed by atoms with Crippen molar-refractivity contribution in [1.29, 1.82) is 0 Å². The van der Waals surface area contributed by atoms with Crippen molar-refractivity contribution >= 4 is 11.5 Å². The molecule has 4 atom stereocenters. The number of rotatable bonds is 2. The van der Waals surface area contributed by atoms with Crippen molar-refractivity contribution in [3.05, 3.63) is 23.3 Å². The Kier molecular flexibility index (Phi) is 4.23. The highest BCUT2D eigenvalue weighted by Gasteiger charge is 2.54. The second-order valence-electron chi connectivity index (χ2n) is 9.29. The van der Waals surface area contributed by atoms with Gasteiger partial charge in [-0.05, 0) is 73.1 Å². The number of carbonyl (C=O) groups excluding carboxylic acids is 1. The van der Waals surface area contributed by atoms with Gasteiger partial charge in [0, 0.05) is 38.0 Å². The van der Waals surface area contributed by atoms with E-state index in [1.807, 2.05) is 0 Å². The number of benzene rings is 1. The lowest BCUT2D eigenvalue weighted by Gasteiger charge is -2.48. The number of nitrogens with zero attached hydrogens (tertiary/aromatic N) is 1. The Morgan fingerprint density at radius 3 is 2.74 bits per heavy atom. The van der Waals surface area contributed by atoms with Gasteiger partial charge in [0.15, 0.2) is 0 Å². The molecule has 2 saturated carbocycles. The number of carbonyl (C=O) groups is 1. The first kappa shape index (κ1) is 17.5. The monoisotopic (exact) mass is 368 g/mol. The maximum Gasteiger partial charge on any atom is 0.142 e. The Hall–Kier alpha value is -1.55. The minimum absolute atomic E-state index is 0.0352. The molecule has 0 aromatic heterocycles. The molecule has 1 aliphatic heterocycles. The second-order valence-corrected chi connectivity index (χ2v) is 9.29. The molecule has 0 amide bonds. The molecule has 5 rings (SSSR count). The molecule has 0 bridgehead atoms. The van der Waals surface area contributed by atoms with E-state index in [4.69, 9.17) is 4.74 Å². The molecule has 4 heteroatoms. The van der Waals surface area contributed by atoms with Gasteiger partial charge in [0.2, 0.25) is 0 Å². The molecular weight excluding hydrogens is 336 g/mol. The van der Waals surface area contributed by atoms with E-state index >= 15 is 0 Å². The number of methoxy groups -OCH3 is 1. The molecule has 0 spiro atoms. The van der Waals surface area contributed by atoms with Crippen LogP contribution in [0.2, 0.25) is 0 Å². The number of nitrogens with one attached hydrogen (secondary N) is 1. The van der Waals surface area contributed by atoms with Crippen LogP contribution in [0.5, 0.6) is 5.75 Å². The van der Waals surface area contributed by atoms with Gasteiger partial charge >= 0.3 is 0 Å². The third-order valence-corrected chi connectivity index (χ3v) is 8.19. The van der Waals surface area contributed by atoms with Gasteiger partial charge in [-0.2, -0.15) is 0 Å². The van der Waals surface area contributed by atoms with E-state index in [2.05, 4.69) is 29.3 Å². The third-order valence-electron chi connectivity index (χ3n) is 8.19. The molecule has 0 radical (unpaired) electrons. The van der Waals surface area contributed by atoms with Crippen molar-refractivity contribution in [1.82, 2.24) is 5.32 Å². The summed E-state index contributed by atoms with van der Waals surface area (Å²) in [4.78, 5) is 15.0. The summed E-state index contributed by atoms with van der Waals surface area (Å²) in [6, 6.07) is 4.77. The Labute approximate surface area is 162 Å². The maximum absolute atomic E-state index is 12.6. The number of aryl methyl sites for hydroxylation is 1. The van der Waals surface area contributed by atoms with Gasteiger partial charge in [-0.1, -0.05) is 6.92 Å². The average molecular weight is 369 g/mol. The molecule has 1 saturated heterocycles. The standard InChI is InChI=1S/C23H32N2O2/c1-23-8-7-16-17(19(23)5-6-22(23)26)4-3-15-13-21(27-2)20(14-18(15)16)25-11-9-24-10-12-25/h13-14,16-17,19,24H,3-12H2,1-2H3/t16?,17?,19?,23-/m0/s1. The van der Waals surface area contributed by atoms with E-state index < -0.39 is 0 Å². The van der Waals surface area contributed by atoms with E-state index in [9.17, 15) is 4.79 Å². The summed E-state index contributed by atoms with van der Waals surface area (Å²) in [5.41, 5.74) is 4.28. The van der Waals surface area contributed by atoms with Crippen molar-refractivity contribution in [3.8, 4) is 5.75 Å². The molecule has 1 aromatic rings. The van der Waals surface area contributed by atoms with Crippen molar-refractivity contribution in [2.24, 2.45) is 17.3 Å². The molecule has 3 unspecified atom stereocenters. The molecule has 146 valence electrons. The highest BCUT2D eigenvalue weighted by Crippen LogP contribution is 2.60. The Balaban J connectivity index is 1.52. The van der Waals surface area contributed by atoms with Crippen LogP contribution >= 0.6 is 0 Å². The molecule has 27 heavy (non-hydrogen) atoms. The van der Waals surface area contributed by atoms with Gasteiger partial charge in [-0.3, -0.25) is 4.79 Å². The second kappa shape index (κ2) is 6.51. The maximum atomic E-state index is 12.6. The van der Waals surface area contributed by atoms with Crippen molar-refractivity contribution < 1.29 is 9.53 Å². The normalized spacial score (nSPS) is 35.4. The Morgan fingerprint density at radius 1 is 1.15 bits per heavy atom. The zero-order chi connectivity index (χ0) is 18.6. The van der Waals surface area contributed by atoms with Crippen LogP contribution in [-0.4, -0.2) is 39.1 Å². The number of piperazine rings is 1. The van der Waals surface area contributed by atoms with E-state index in [1.165, 1.54) is 24.1 Å². The van der Waals surface area contributed by atoms with Gasteiger partial charge in [0.05, 0.1) is 12.8 Å². The molecule has 1 N–H and O–H groups in total. The number of anilines is 1. The molecular formula is C23H32N2O2. The minimum atomic E-state index is -0.0352. The smallest absolute Gasteiger partial charge is 0.142 e. The lowest BCUT2D eigenvalue weighted by atomic mass is 9.55. The van der Waals surface area contributed by atoms with Crippen molar-refractivity contribution in [2.75, 3.05) is 38.2 Å². The first-order valence-electron chi connectivity index (χ1n) is 10.8. The summed E-state index contributed by atoms with van der Waals surface area (Å²) in [5, 5.41) is 3.45. The topological polar surface area (TPSA) is 41.6 Å². The summed E-state index contributed by atoms with van der Waals surface area (Å²) in [7, 11) is 1.80. The Bertz CT molecular complexity index is 755. The highest BCUT2D eigenvalue weighted by molar-refractivity contribution is 5.87. The van der Waals surface area contributed by atoms with Gasteiger partial charge < -0.3 is 15.0 Å². The Morgan fingerprint density at radius 2 is 1.96 bits per heavy atom. The average Bonchev–Trinajstić information content (AvgIpc) is 3.02. The van der Waals surface area contributed by atoms with Gasteiger partial charge in [-0.15, -0.1) is 0 Å². The minimum Gasteiger partial charge on any atom is -0.495 e. The highest BCUT2D eigenvalue weighted by atomic mass is 16.5. The van der Waals surface area contributed by atoms with Gasteiger partial charge in [-0.25, -0.2) is 0 Å². The van der Waals surface area contributed by atoms with Crippen LogP contribution in [0.4, 0.5) is 5.69 Å². The SMILES string of the molecule is COc1cc2c(cc1N1CCNCC1)C1CC[C@]3(C)C(=O)CCC3C1CC2. The number of ether oxygens (including phenoxy) is 1. The van der Waals surface area contributed by atoms with E-state index in [0.717, 1.165) is 57.6 Å². The van der Waals surface area contributed by atoms with Crippen LogP contribution in [0.15, 0.2) is 12.1 Å². The molecule has 1 heterocycles. The van der Waals surface area contributed by atoms with Gasteiger partial charge in [0.25, 0.3) is 0 Å². The summed E-state index contributed by atoms with van der Waals surface area (Å²) in [6.07, 6.45) is 6.55. The van der Waals surface area contributed by atoms with Crippen LogP contribution in [0.3, 0.4) is 0 Å². The van der Waals surface area contributed by atoms with Crippen molar-refractivity contribution in [2.45, 2.75) is 51.4 Å². The van der Waals surface area contributed by atoms with Crippen molar-refractivity contribution in [3.63, 3.8) is 0 Å². The summed E-state index contributed by atoms with van der Waals surface area (Å²) < 4.78 is 5.79. The van der Waals surface area contributed by atoms with E-state index in [-0.39, 0.29) is 5.41 Å². The van der Waals surface area contributed by atoms with E-state index in [1.54, 1.807) is 12.7 Å².